The van der Waals surface area contributed by atoms with Crippen LogP contribution < -0.4 is 10.6 Å². The second kappa shape index (κ2) is 10.9. The normalized spacial score (nSPS) is 12.0. The van der Waals surface area contributed by atoms with E-state index in [4.69, 9.17) is 10.2 Å². The maximum Gasteiger partial charge on any atom is 0.326 e. The van der Waals surface area contributed by atoms with Crippen molar-refractivity contribution in [3.63, 3.8) is 0 Å². The van der Waals surface area contributed by atoms with E-state index in [0.717, 1.165) is 19.5 Å². The van der Waals surface area contributed by atoms with Crippen LogP contribution in [0.1, 0.15) is 33.1 Å². The lowest BCUT2D eigenvalue weighted by Crippen LogP contribution is -2.47. The molecule has 4 N–H and O–H groups in total. The highest BCUT2D eigenvalue weighted by atomic mass is 16.4. The summed E-state index contributed by atoms with van der Waals surface area (Å²) in [6, 6.07) is -1.79. The number of likely N-dealkylation sites (N-methyl/N-ethyl adjacent to an activating group) is 1. The van der Waals surface area contributed by atoms with Crippen molar-refractivity contribution >= 4 is 18.0 Å². The molecule has 21 heavy (non-hydrogen) atoms. The van der Waals surface area contributed by atoms with Gasteiger partial charge in [0.2, 0.25) is 0 Å². The van der Waals surface area contributed by atoms with Gasteiger partial charge in [-0.15, -0.1) is 0 Å². The monoisotopic (exact) mass is 303 g/mol. The molecule has 122 valence electrons. The van der Waals surface area contributed by atoms with Gasteiger partial charge in [0.05, 0.1) is 0 Å². The van der Waals surface area contributed by atoms with Crippen LogP contribution in [-0.2, 0) is 9.59 Å². The molecule has 0 saturated heterocycles. The van der Waals surface area contributed by atoms with Crippen LogP contribution in [0.15, 0.2) is 0 Å². The summed E-state index contributed by atoms with van der Waals surface area (Å²) < 4.78 is 0. The molecule has 8 nitrogen and oxygen atoms in total. The maximum atomic E-state index is 11.6. The van der Waals surface area contributed by atoms with Crippen molar-refractivity contribution in [2.45, 2.75) is 39.2 Å². The highest BCUT2D eigenvalue weighted by Gasteiger charge is 2.20. The van der Waals surface area contributed by atoms with E-state index in [9.17, 15) is 14.4 Å². The summed E-state index contributed by atoms with van der Waals surface area (Å²) in [6.07, 6.45) is 0.572. The van der Waals surface area contributed by atoms with Crippen molar-refractivity contribution in [3.05, 3.63) is 0 Å². The Kier molecular flexibility index (Phi) is 9.95. The smallest absolute Gasteiger partial charge is 0.326 e. The van der Waals surface area contributed by atoms with Gasteiger partial charge >= 0.3 is 18.0 Å². The summed E-state index contributed by atoms with van der Waals surface area (Å²) in [5.74, 6) is -2.34. The molecule has 0 saturated carbocycles. The maximum absolute atomic E-state index is 11.6. The summed E-state index contributed by atoms with van der Waals surface area (Å²) in [4.78, 5) is 35.1. The number of aliphatic carboxylic acids is 2. The van der Waals surface area contributed by atoms with Crippen molar-refractivity contribution in [2.24, 2.45) is 0 Å². The third-order valence-corrected chi connectivity index (χ3v) is 2.95. The van der Waals surface area contributed by atoms with Crippen LogP contribution in [0, 0.1) is 0 Å². The molecule has 0 aliphatic heterocycles. The number of carbonyl (C=O) groups excluding carboxylic acids is 1. The van der Waals surface area contributed by atoms with Crippen molar-refractivity contribution < 1.29 is 24.6 Å². The molecule has 2 amide bonds. The Morgan fingerprint density at radius 1 is 1.14 bits per heavy atom. The lowest BCUT2D eigenvalue weighted by molar-refractivity contribution is -0.140. The molecule has 1 atom stereocenters. The van der Waals surface area contributed by atoms with E-state index in [1.807, 2.05) is 6.92 Å². The van der Waals surface area contributed by atoms with E-state index >= 15 is 0 Å². The van der Waals surface area contributed by atoms with Crippen molar-refractivity contribution in [1.29, 1.82) is 0 Å². The fourth-order valence-corrected chi connectivity index (χ4v) is 1.81. The van der Waals surface area contributed by atoms with Gasteiger partial charge in [0, 0.05) is 19.5 Å². The molecule has 0 fully saturated rings. The number of carboxylic acids is 2. The van der Waals surface area contributed by atoms with Crippen LogP contribution in [0.2, 0.25) is 0 Å². The van der Waals surface area contributed by atoms with Crippen LogP contribution in [-0.4, -0.2) is 65.3 Å². The van der Waals surface area contributed by atoms with Crippen LogP contribution in [0.5, 0.6) is 0 Å². The number of carbonyl (C=O) groups is 3. The average Bonchev–Trinajstić information content (AvgIpc) is 2.41. The van der Waals surface area contributed by atoms with Gasteiger partial charge in [0.25, 0.3) is 0 Å². The lowest BCUT2D eigenvalue weighted by Gasteiger charge is -2.20. The van der Waals surface area contributed by atoms with E-state index in [1.165, 1.54) is 0 Å². The Hall–Kier alpha value is -1.83. The van der Waals surface area contributed by atoms with Gasteiger partial charge in [-0.25, -0.2) is 9.59 Å². The highest BCUT2D eigenvalue weighted by molar-refractivity contribution is 5.82. The topological polar surface area (TPSA) is 119 Å². The zero-order valence-corrected chi connectivity index (χ0v) is 12.6. The molecule has 0 spiro atoms. The Balaban J connectivity index is 4.08. The molecular weight excluding hydrogens is 278 g/mol. The number of hydrogen-bond acceptors (Lipinski definition) is 4. The van der Waals surface area contributed by atoms with E-state index in [0.29, 0.717) is 13.1 Å². The molecule has 0 aliphatic rings. The van der Waals surface area contributed by atoms with E-state index in [-0.39, 0.29) is 12.8 Å². The first-order valence-corrected chi connectivity index (χ1v) is 7.12. The first-order valence-electron chi connectivity index (χ1n) is 7.12. The predicted molar refractivity (Wildman–Crippen MR) is 77.2 cm³/mol. The molecule has 0 aromatic heterocycles. The second-order valence-corrected chi connectivity index (χ2v) is 4.66. The number of rotatable bonds is 11. The van der Waals surface area contributed by atoms with Crippen LogP contribution >= 0.6 is 0 Å². The molecule has 0 aliphatic carbocycles. The molecule has 8 heteroatoms. The number of urea groups is 1. The predicted octanol–water partition coefficient (Wildman–Crippen LogP) is 0.336. The van der Waals surface area contributed by atoms with Crippen molar-refractivity contribution in [2.75, 3.05) is 26.2 Å². The third-order valence-electron chi connectivity index (χ3n) is 2.95. The summed E-state index contributed by atoms with van der Waals surface area (Å²) in [6.45, 7) is 7.02. The van der Waals surface area contributed by atoms with E-state index < -0.39 is 24.0 Å². The number of nitrogens with one attached hydrogen (secondary N) is 2. The van der Waals surface area contributed by atoms with E-state index in [2.05, 4.69) is 22.5 Å². The average molecular weight is 303 g/mol. The largest absolute Gasteiger partial charge is 0.481 e. The van der Waals surface area contributed by atoms with Crippen LogP contribution in [0.4, 0.5) is 4.79 Å². The minimum atomic E-state index is -1.24. The Labute approximate surface area is 124 Å². The van der Waals surface area contributed by atoms with Crippen molar-refractivity contribution in [1.82, 2.24) is 15.5 Å². The van der Waals surface area contributed by atoms with Gasteiger partial charge in [-0.2, -0.15) is 0 Å². The van der Waals surface area contributed by atoms with Gasteiger partial charge in [-0.3, -0.25) is 4.79 Å². The summed E-state index contributed by atoms with van der Waals surface area (Å²) in [5, 5.41) is 22.3. The Morgan fingerprint density at radius 3 is 2.29 bits per heavy atom. The van der Waals surface area contributed by atoms with Crippen LogP contribution in [0.25, 0.3) is 0 Å². The molecule has 0 aromatic carbocycles. The molecule has 0 aromatic rings. The van der Waals surface area contributed by atoms with Gasteiger partial charge in [-0.05, 0) is 25.9 Å². The zero-order valence-electron chi connectivity index (χ0n) is 12.6. The number of amides is 2. The first-order chi connectivity index (χ1) is 9.90. The van der Waals surface area contributed by atoms with Gasteiger partial charge in [0.1, 0.15) is 6.04 Å². The van der Waals surface area contributed by atoms with Crippen molar-refractivity contribution in [3.8, 4) is 0 Å². The van der Waals surface area contributed by atoms with E-state index in [1.54, 1.807) is 0 Å². The summed E-state index contributed by atoms with van der Waals surface area (Å²) >= 11 is 0. The van der Waals surface area contributed by atoms with Gasteiger partial charge in [-0.1, -0.05) is 13.8 Å². The number of carboxylic acid groups (broad SMARTS) is 2. The van der Waals surface area contributed by atoms with Gasteiger partial charge < -0.3 is 25.7 Å². The molecule has 0 radical (unpaired) electrons. The first kappa shape index (κ1) is 19.2. The molecule has 0 rings (SSSR count). The zero-order chi connectivity index (χ0) is 16.3. The van der Waals surface area contributed by atoms with Gasteiger partial charge in [0.15, 0.2) is 0 Å². The number of hydrogen-bond donors (Lipinski definition) is 4. The quantitative estimate of drug-likeness (QED) is 0.437. The minimum absolute atomic E-state index is 0.144. The Bertz CT molecular complexity index is 349. The van der Waals surface area contributed by atoms with Crippen LogP contribution in [0.3, 0.4) is 0 Å². The fourth-order valence-electron chi connectivity index (χ4n) is 1.81. The molecule has 0 bridgehead atoms. The highest BCUT2D eigenvalue weighted by Crippen LogP contribution is 1.98. The Morgan fingerprint density at radius 2 is 1.81 bits per heavy atom. The summed E-state index contributed by atoms with van der Waals surface area (Å²) in [5.41, 5.74) is 0. The molecule has 0 unspecified atom stereocenters. The fraction of sp³-hybridized carbons (Fsp3) is 0.769. The molecule has 0 heterocycles. The second-order valence-electron chi connectivity index (χ2n) is 4.66. The SMILES string of the molecule is CCCN(CC)CCNC(=O)N[C@@H](CCC(=O)O)C(=O)O. The number of nitrogens with zero attached hydrogens (tertiary/aromatic N) is 1. The molecular formula is C13H25N3O5. The standard InChI is InChI=1S/C13H25N3O5/c1-3-8-16(4-2)9-7-14-13(21)15-10(12(19)20)5-6-11(17)18/h10H,3-9H2,1-2H3,(H,17,18)(H,19,20)(H2,14,15,21)/t10-/m0/s1. The lowest BCUT2D eigenvalue weighted by atomic mass is 10.1. The minimum Gasteiger partial charge on any atom is -0.481 e. The summed E-state index contributed by atoms with van der Waals surface area (Å²) in [7, 11) is 0. The third kappa shape index (κ3) is 9.67.